The number of amides is 1. The SMILES string of the molecule is CCOC(=O)c1cnn(-c2cccc(NC(=O)COc3ccc(C#N)cc3OCC)c2)c1C. The second-order valence-corrected chi connectivity index (χ2v) is 6.87. The Bertz CT molecular complexity index is 1200. The molecule has 33 heavy (non-hydrogen) atoms. The Labute approximate surface area is 191 Å². The van der Waals surface area contributed by atoms with E-state index in [1.807, 2.05) is 19.1 Å². The maximum Gasteiger partial charge on any atom is 0.341 e. The third kappa shape index (κ3) is 5.68. The van der Waals surface area contributed by atoms with Crippen LogP contribution >= 0.6 is 0 Å². The van der Waals surface area contributed by atoms with Crippen LogP contribution in [0.1, 0.15) is 35.5 Å². The quantitative estimate of drug-likeness (QED) is 0.497. The number of hydrogen-bond donors (Lipinski definition) is 1. The van der Waals surface area contributed by atoms with Gasteiger partial charge in [-0.2, -0.15) is 10.4 Å². The minimum absolute atomic E-state index is 0.246. The van der Waals surface area contributed by atoms with E-state index in [-0.39, 0.29) is 19.1 Å². The molecule has 1 aromatic heterocycles. The van der Waals surface area contributed by atoms with Crippen LogP contribution in [0.2, 0.25) is 0 Å². The van der Waals surface area contributed by atoms with E-state index in [0.29, 0.717) is 46.3 Å². The molecule has 0 saturated heterocycles. The fourth-order valence-electron chi connectivity index (χ4n) is 3.10. The predicted molar refractivity (Wildman–Crippen MR) is 121 cm³/mol. The Morgan fingerprint density at radius 2 is 1.91 bits per heavy atom. The highest BCUT2D eigenvalue weighted by atomic mass is 16.5. The monoisotopic (exact) mass is 448 g/mol. The van der Waals surface area contributed by atoms with Gasteiger partial charge in [0.25, 0.3) is 5.91 Å². The van der Waals surface area contributed by atoms with Crippen molar-refractivity contribution in [2.45, 2.75) is 20.8 Å². The Balaban J connectivity index is 1.68. The zero-order chi connectivity index (χ0) is 23.8. The molecule has 0 atom stereocenters. The highest BCUT2D eigenvalue weighted by Crippen LogP contribution is 2.28. The Hall–Kier alpha value is -4.32. The van der Waals surface area contributed by atoms with Gasteiger partial charge < -0.3 is 19.5 Å². The highest BCUT2D eigenvalue weighted by molar-refractivity contribution is 5.92. The molecule has 0 fully saturated rings. The number of carbonyl (C=O) groups is 2. The molecule has 1 N–H and O–H groups in total. The van der Waals surface area contributed by atoms with Gasteiger partial charge in [-0.3, -0.25) is 4.79 Å². The van der Waals surface area contributed by atoms with Crippen LogP contribution in [0.15, 0.2) is 48.7 Å². The van der Waals surface area contributed by atoms with Gasteiger partial charge in [0.15, 0.2) is 18.1 Å². The van der Waals surface area contributed by atoms with Crippen molar-refractivity contribution in [2.75, 3.05) is 25.1 Å². The minimum atomic E-state index is -0.433. The lowest BCUT2D eigenvalue weighted by atomic mass is 10.2. The first-order valence-corrected chi connectivity index (χ1v) is 10.4. The summed E-state index contributed by atoms with van der Waals surface area (Å²) in [7, 11) is 0. The molecular formula is C24H24N4O5. The lowest BCUT2D eigenvalue weighted by Crippen LogP contribution is -2.20. The normalized spacial score (nSPS) is 10.2. The van der Waals surface area contributed by atoms with Gasteiger partial charge >= 0.3 is 5.97 Å². The summed E-state index contributed by atoms with van der Waals surface area (Å²) in [6.45, 7) is 5.76. The molecule has 1 heterocycles. The molecule has 9 heteroatoms. The summed E-state index contributed by atoms with van der Waals surface area (Å²) in [5, 5.41) is 16.1. The number of nitrogens with zero attached hydrogens (tertiary/aromatic N) is 3. The second-order valence-electron chi connectivity index (χ2n) is 6.87. The minimum Gasteiger partial charge on any atom is -0.490 e. The zero-order valence-corrected chi connectivity index (χ0v) is 18.6. The molecule has 0 bridgehead atoms. The van der Waals surface area contributed by atoms with E-state index in [1.54, 1.807) is 54.9 Å². The smallest absolute Gasteiger partial charge is 0.341 e. The molecule has 3 aromatic rings. The van der Waals surface area contributed by atoms with Gasteiger partial charge in [-0.1, -0.05) is 6.07 Å². The number of aromatic nitrogens is 2. The molecule has 0 unspecified atom stereocenters. The van der Waals surface area contributed by atoms with E-state index in [1.165, 1.54) is 6.20 Å². The van der Waals surface area contributed by atoms with Crippen LogP contribution < -0.4 is 14.8 Å². The van der Waals surface area contributed by atoms with Crippen molar-refractivity contribution < 1.29 is 23.8 Å². The van der Waals surface area contributed by atoms with Crippen LogP contribution in [-0.2, 0) is 9.53 Å². The van der Waals surface area contributed by atoms with Gasteiger partial charge in [-0.25, -0.2) is 9.48 Å². The van der Waals surface area contributed by atoms with Crippen molar-refractivity contribution in [1.29, 1.82) is 5.26 Å². The third-order valence-corrected chi connectivity index (χ3v) is 4.61. The summed E-state index contributed by atoms with van der Waals surface area (Å²) >= 11 is 0. The average molecular weight is 448 g/mol. The van der Waals surface area contributed by atoms with Crippen LogP contribution in [0.4, 0.5) is 5.69 Å². The lowest BCUT2D eigenvalue weighted by molar-refractivity contribution is -0.118. The van der Waals surface area contributed by atoms with Crippen LogP contribution in [0, 0.1) is 18.3 Å². The van der Waals surface area contributed by atoms with E-state index < -0.39 is 5.97 Å². The van der Waals surface area contributed by atoms with Gasteiger partial charge in [0.1, 0.15) is 5.56 Å². The molecular weight excluding hydrogens is 424 g/mol. The summed E-state index contributed by atoms with van der Waals surface area (Å²) < 4.78 is 17.7. The summed E-state index contributed by atoms with van der Waals surface area (Å²) in [6.07, 6.45) is 1.46. The van der Waals surface area contributed by atoms with Crippen molar-refractivity contribution in [2.24, 2.45) is 0 Å². The van der Waals surface area contributed by atoms with Crippen molar-refractivity contribution >= 4 is 17.6 Å². The maximum atomic E-state index is 12.4. The van der Waals surface area contributed by atoms with Crippen LogP contribution in [0.5, 0.6) is 11.5 Å². The average Bonchev–Trinajstić information content (AvgIpc) is 3.20. The summed E-state index contributed by atoms with van der Waals surface area (Å²) in [5.41, 5.74) is 2.66. The Kier molecular flexibility index (Phi) is 7.65. The standard InChI is InChI=1S/C24H24N4O5/c1-4-31-22-11-17(13-25)9-10-21(22)33-15-23(29)27-18-7-6-8-19(12-18)28-16(3)20(14-26-28)24(30)32-5-2/h6-12,14H,4-5,15H2,1-3H3,(H,27,29). The number of carbonyl (C=O) groups excluding carboxylic acids is 2. The number of nitrogens with one attached hydrogen (secondary N) is 1. The van der Waals surface area contributed by atoms with E-state index in [9.17, 15) is 9.59 Å². The van der Waals surface area contributed by atoms with Crippen molar-refractivity contribution in [3.05, 3.63) is 65.5 Å². The Morgan fingerprint density at radius 3 is 2.64 bits per heavy atom. The van der Waals surface area contributed by atoms with Crippen LogP contribution in [-0.4, -0.2) is 41.5 Å². The van der Waals surface area contributed by atoms with E-state index in [4.69, 9.17) is 19.5 Å². The number of esters is 1. The van der Waals surface area contributed by atoms with E-state index >= 15 is 0 Å². The number of anilines is 1. The van der Waals surface area contributed by atoms with Crippen molar-refractivity contribution in [3.63, 3.8) is 0 Å². The zero-order valence-electron chi connectivity index (χ0n) is 18.6. The molecule has 0 saturated carbocycles. The fraction of sp³-hybridized carbons (Fsp3) is 0.250. The first-order valence-electron chi connectivity index (χ1n) is 10.4. The second kappa shape index (κ2) is 10.8. The molecule has 2 aromatic carbocycles. The van der Waals surface area contributed by atoms with Crippen molar-refractivity contribution in [1.82, 2.24) is 9.78 Å². The van der Waals surface area contributed by atoms with Crippen LogP contribution in [0.25, 0.3) is 5.69 Å². The number of nitriles is 1. The number of rotatable bonds is 9. The molecule has 3 rings (SSSR count). The van der Waals surface area contributed by atoms with Crippen molar-refractivity contribution in [3.8, 4) is 23.3 Å². The van der Waals surface area contributed by atoms with E-state index in [0.717, 1.165) is 0 Å². The molecule has 9 nitrogen and oxygen atoms in total. The first kappa shape index (κ1) is 23.3. The van der Waals surface area contributed by atoms with Crippen LogP contribution in [0.3, 0.4) is 0 Å². The largest absolute Gasteiger partial charge is 0.490 e. The summed E-state index contributed by atoms with van der Waals surface area (Å²) in [6, 6.07) is 13.8. The number of hydrogen-bond acceptors (Lipinski definition) is 7. The summed E-state index contributed by atoms with van der Waals surface area (Å²) in [4.78, 5) is 24.5. The van der Waals surface area contributed by atoms with Gasteiger partial charge in [-0.05, 0) is 51.1 Å². The topological polar surface area (TPSA) is 115 Å². The van der Waals surface area contributed by atoms with Gasteiger partial charge in [-0.15, -0.1) is 0 Å². The van der Waals surface area contributed by atoms with E-state index in [2.05, 4.69) is 10.4 Å². The fourth-order valence-corrected chi connectivity index (χ4v) is 3.10. The first-order chi connectivity index (χ1) is 16.0. The molecule has 0 aliphatic rings. The molecule has 0 radical (unpaired) electrons. The van der Waals surface area contributed by atoms with Gasteiger partial charge in [0.05, 0.1) is 42.4 Å². The van der Waals surface area contributed by atoms with Gasteiger partial charge in [0.2, 0.25) is 0 Å². The molecule has 0 aliphatic carbocycles. The molecule has 1 amide bonds. The Morgan fingerprint density at radius 1 is 1.09 bits per heavy atom. The molecule has 170 valence electrons. The third-order valence-electron chi connectivity index (χ3n) is 4.61. The number of benzene rings is 2. The number of ether oxygens (including phenoxy) is 3. The van der Waals surface area contributed by atoms with Gasteiger partial charge in [0, 0.05) is 11.8 Å². The molecule has 0 aliphatic heterocycles. The predicted octanol–water partition coefficient (Wildman–Crippen LogP) is 3.65. The maximum absolute atomic E-state index is 12.4. The molecule has 0 spiro atoms. The summed E-state index contributed by atoms with van der Waals surface area (Å²) in [5.74, 6) is -0.0308. The lowest BCUT2D eigenvalue weighted by Gasteiger charge is -2.13. The highest BCUT2D eigenvalue weighted by Gasteiger charge is 2.16.